The number of hydrogen-bond donors (Lipinski definition) is 1. The van der Waals surface area contributed by atoms with Crippen LogP contribution < -0.4 is 10.3 Å². The fourth-order valence-electron chi connectivity index (χ4n) is 4.02. The standard InChI is InChI=1S/C23H23N5O2/c29-23(25-18-9-5-2-6-10-18)28(27-15-19-11-12-20(16-27)30-19)22-24-14-13-21(26-22)17-7-3-1-4-8-17/h1-10,13-14,19-20H,11-12,15-16H2,(H,25,29). The second kappa shape index (κ2) is 8.22. The number of benzene rings is 2. The molecule has 2 saturated heterocycles. The smallest absolute Gasteiger partial charge is 0.343 e. The number of nitrogens with zero attached hydrogens (tertiary/aromatic N) is 4. The minimum absolute atomic E-state index is 0.132. The second-order valence-corrected chi connectivity index (χ2v) is 7.54. The van der Waals surface area contributed by atoms with Crippen molar-refractivity contribution in [1.29, 1.82) is 0 Å². The van der Waals surface area contributed by atoms with Gasteiger partial charge in [-0.2, -0.15) is 5.01 Å². The number of ether oxygens (including phenoxy) is 1. The lowest BCUT2D eigenvalue weighted by molar-refractivity contribution is -0.0390. The number of amides is 2. The summed E-state index contributed by atoms with van der Waals surface area (Å²) in [6, 6.07) is 20.9. The van der Waals surface area contributed by atoms with Crippen LogP contribution in [0.5, 0.6) is 0 Å². The van der Waals surface area contributed by atoms with Crippen LogP contribution in [-0.2, 0) is 4.74 Å². The third kappa shape index (κ3) is 3.90. The van der Waals surface area contributed by atoms with Crippen LogP contribution in [0.25, 0.3) is 11.3 Å². The Morgan fingerprint density at radius 2 is 1.63 bits per heavy atom. The summed E-state index contributed by atoms with van der Waals surface area (Å²) in [6.07, 6.45) is 3.99. The number of anilines is 2. The van der Waals surface area contributed by atoms with E-state index in [-0.39, 0.29) is 18.2 Å². The quantitative estimate of drug-likeness (QED) is 0.717. The Hall–Kier alpha value is -3.29. The summed E-state index contributed by atoms with van der Waals surface area (Å²) in [5.41, 5.74) is 2.48. The van der Waals surface area contributed by atoms with Crippen molar-refractivity contribution < 1.29 is 9.53 Å². The predicted octanol–water partition coefficient (Wildman–Crippen LogP) is 3.96. The van der Waals surface area contributed by atoms with E-state index in [0.29, 0.717) is 19.0 Å². The molecule has 7 heteroatoms. The zero-order valence-corrected chi connectivity index (χ0v) is 16.5. The number of carbonyl (C=O) groups is 1. The normalized spacial score (nSPS) is 20.7. The van der Waals surface area contributed by atoms with Crippen LogP contribution in [-0.4, -0.2) is 46.3 Å². The fourth-order valence-corrected chi connectivity index (χ4v) is 4.02. The third-order valence-corrected chi connectivity index (χ3v) is 5.43. The van der Waals surface area contributed by atoms with Gasteiger partial charge in [-0.25, -0.2) is 19.8 Å². The number of hydrazine groups is 1. The predicted molar refractivity (Wildman–Crippen MR) is 115 cm³/mol. The first kappa shape index (κ1) is 18.7. The molecule has 2 atom stereocenters. The number of carbonyl (C=O) groups excluding carboxylic acids is 1. The summed E-state index contributed by atoms with van der Waals surface area (Å²) in [4.78, 5) is 22.5. The summed E-state index contributed by atoms with van der Waals surface area (Å²) in [6.45, 7) is 1.27. The molecule has 0 saturated carbocycles. The van der Waals surface area contributed by atoms with E-state index in [9.17, 15) is 4.79 Å². The lowest BCUT2D eigenvalue weighted by atomic mass is 10.1. The molecule has 0 radical (unpaired) electrons. The Balaban J connectivity index is 1.48. The van der Waals surface area contributed by atoms with E-state index in [0.717, 1.165) is 29.8 Å². The summed E-state index contributed by atoms with van der Waals surface area (Å²) in [5, 5.41) is 6.54. The number of rotatable bonds is 4. The van der Waals surface area contributed by atoms with Gasteiger partial charge in [-0.3, -0.25) is 0 Å². The Bertz CT molecular complexity index is 1000. The molecule has 0 spiro atoms. The summed E-state index contributed by atoms with van der Waals surface area (Å²) in [7, 11) is 0. The topological polar surface area (TPSA) is 70.6 Å². The highest BCUT2D eigenvalue weighted by molar-refractivity contribution is 6.00. The zero-order chi connectivity index (χ0) is 20.3. The third-order valence-electron chi connectivity index (χ3n) is 5.43. The van der Waals surface area contributed by atoms with Crippen LogP contribution in [0.15, 0.2) is 72.9 Å². The minimum Gasteiger partial charge on any atom is -0.372 e. The molecule has 2 bridgehead atoms. The van der Waals surface area contributed by atoms with Gasteiger partial charge in [0, 0.05) is 30.5 Å². The van der Waals surface area contributed by atoms with Gasteiger partial charge in [-0.05, 0) is 31.0 Å². The van der Waals surface area contributed by atoms with Gasteiger partial charge < -0.3 is 10.1 Å². The molecule has 2 aromatic carbocycles. The lowest BCUT2D eigenvalue weighted by Crippen LogP contribution is -2.56. The van der Waals surface area contributed by atoms with Gasteiger partial charge in [0.2, 0.25) is 5.95 Å². The van der Waals surface area contributed by atoms with Crippen LogP contribution in [0.2, 0.25) is 0 Å². The number of nitrogens with one attached hydrogen (secondary N) is 1. The van der Waals surface area contributed by atoms with Crippen LogP contribution in [0.4, 0.5) is 16.4 Å². The molecule has 1 aromatic heterocycles. The van der Waals surface area contributed by atoms with Crippen molar-refractivity contribution in [2.24, 2.45) is 0 Å². The monoisotopic (exact) mass is 401 g/mol. The molecule has 30 heavy (non-hydrogen) atoms. The van der Waals surface area contributed by atoms with Crippen molar-refractivity contribution in [3.05, 3.63) is 72.9 Å². The Morgan fingerprint density at radius 3 is 2.33 bits per heavy atom. The first-order valence-corrected chi connectivity index (χ1v) is 10.2. The van der Waals surface area contributed by atoms with Gasteiger partial charge in [0.25, 0.3) is 0 Å². The Kier molecular flexibility index (Phi) is 5.13. The van der Waals surface area contributed by atoms with E-state index in [1.807, 2.05) is 71.7 Å². The maximum Gasteiger partial charge on any atom is 0.343 e. The number of hydrogen-bond acceptors (Lipinski definition) is 5. The average Bonchev–Trinajstić information content (AvgIpc) is 3.13. The highest BCUT2D eigenvalue weighted by Gasteiger charge is 2.39. The van der Waals surface area contributed by atoms with Crippen LogP contribution in [0.1, 0.15) is 12.8 Å². The van der Waals surface area contributed by atoms with Crippen molar-refractivity contribution in [2.45, 2.75) is 25.0 Å². The molecule has 3 aromatic rings. The largest absolute Gasteiger partial charge is 0.372 e. The number of fused-ring (bicyclic) bond motifs is 2. The molecular weight excluding hydrogens is 378 g/mol. The molecule has 2 aliphatic rings. The van der Waals surface area contributed by atoms with E-state index in [1.54, 1.807) is 11.2 Å². The first-order chi connectivity index (χ1) is 14.8. The van der Waals surface area contributed by atoms with Crippen LogP contribution >= 0.6 is 0 Å². The number of aromatic nitrogens is 2. The molecule has 2 unspecified atom stereocenters. The molecule has 1 N–H and O–H groups in total. The zero-order valence-electron chi connectivity index (χ0n) is 16.5. The maximum atomic E-state index is 13.3. The van der Waals surface area contributed by atoms with Crippen molar-refractivity contribution in [2.75, 3.05) is 23.4 Å². The van der Waals surface area contributed by atoms with E-state index in [4.69, 9.17) is 9.72 Å². The second-order valence-electron chi connectivity index (χ2n) is 7.54. The van der Waals surface area contributed by atoms with E-state index in [1.165, 1.54) is 0 Å². The average molecular weight is 401 g/mol. The molecule has 5 rings (SSSR count). The molecule has 2 amide bonds. The molecule has 2 aliphatic heterocycles. The van der Waals surface area contributed by atoms with Crippen molar-refractivity contribution in [3.63, 3.8) is 0 Å². The number of morpholine rings is 1. The summed E-state index contributed by atoms with van der Waals surface area (Å²) >= 11 is 0. The van der Waals surface area contributed by atoms with Gasteiger partial charge >= 0.3 is 6.03 Å². The minimum atomic E-state index is -0.285. The van der Waals surface area contributed by atoms with Crippen molar-refractivity contribution in [1.82, 2.24) is 15.0 Å². The molecule has 3 heterocycles. The maximum absolute atomic E-state index is 13.3. The van der Waals surface area contributed by atoms with Gasteiger partial charge in [-0.1, -0.05) is 48.5 Å². The number of urea groups is 1. The fraction of sp³-hybridized carbons (Fsp3) is 0.261. The van der Waals surface area contributed by atoms with Gasteiger partial charge in [0.05, 0.1) is 17.9 Å². The van der Waals surface area contributed by atoms with Crippen molar-refractivity contribution in [3.8, 4) is 11.3 Å². The Morgan fingerprint density at radius 1 is 0.967 bits per heavy atom. The first-order valence-electron chi connectivity index (χ1n) is 10.2. The van der Waals surface area contributed by atoms with Crippen LogP contribution in [0.3, 0.4) is 0 Å². The molecule has 7 nitrogen and oxygen atoms in total. The molecule has 0 aliphatic carbocycles. The number of para-hydroxylation sites is 1. The molecule has 2 fully saturated rings. The van der Waals surface area contributed by atoms with Crippen LogP contribution in [0, 0.1) is 0 Å². The van der Waals surface area contributed by atoms with E-state index < -0.39 is 0 Å². The Labute approximate surface area is 175 Å². The highest BCUT2D eigenvalue weighted by Crippen LogP contribution is 2.29. The van der Waals surface area contributed by atoms with E-state index >= 15 is 0 Å². The highest BCUT2D eigenvalue weighted by atomic mass is 16.5. The molecular formula is C23H23N5O2. The molecule has 152 valence electrons. The van der Waals surface area contributed by atoms with Gasteiger partial charge in [0.1, 0.15) is 0 Å². The van der Waals surface area contributed by atoms with Crippen molar-refractivity contribution >= 4 is 17.7 Å². The van der Waals surface area contributed by atoms with Gasteiger partial charge in [-0.15, -0.1) is 0 Å². The van der Waals surface area contributed by atoms with Gasteiger partial charge in [0.15, 0.2) is 0 Å². The SMILES string of the molecule is O=C(Nc1ccccc1)N(c1nccc(-c2ccccc2)n1)N1CC2CCC(C1)O2. The van der Waals surface area contributed by atoms with E-state index in [2.05, 4.69) is 10.3 Å². The summed E-state index contributed by atoms with van der Waals surface area (Å²) in [5.74, 6) is 0.353. The lowest BCUT2D eigenvalue weighted by Gasteiger charge is -2.38. The summed E-state index contributed by atoms with van der Waals surface area (Å²) < 4.78 is 5.96.